The largest absolute Gasteiger partial charge is 0.469 e. The summed E-state index contributed by atoms with van der Waals surface area (Å²) in [6.07, 6.45) is 4.06. The lowest BCUT2D eigenvalue weighted by atomic mass is 9.34. The van der Waals surface area contributed by atoms with Gasteiger partial charge in [0.15, 0.2) is 11.6 Å². The molecule has 4 saturated carbocycles. The molecule has 1 spiro atoms. The summed E-state index contributed by atoms with van der Waals surface area (Å²) >= 11 is 0. The highest BCUT2D eigenvalue weighted by atomic mass is 19.4. The summed E-state index contributed by atoms with van der Waals surface area (Å²) in [7, 11) is 1.43. The van der Waals surface area contributed by atoms with Crippen LogP contribution in [0, 0.1) is 50.2 Å². The van der Waals surface area contributed by atoms with Gasteiger partial charge in [-0.25, -0.2) is 0 Å². The van der Waals surface area contributed by atoms with Crippen LogP contribution in [-0.2, 0) is 19.1 Å². The summed E-state index contributed by atoms with van der Waals surface area (Å²) in [5.74, 6) is -1.85. The molecule has 0 heterocycles. The lowest BCUT2D eigenvalue weighted by Crippen LogP contribution is -2.65. The van der Waals surface area contributed by atoms with Crippen LogP contribution in [0.25, 0.3) is 0 Å². The van der Waals surface area contributed by atoms with Crippen LogP contribution in [0.2, 0.25) is 0 Å². The molecule has 4 fully saturated rings. The first-order valence-corrected chi connectivity index (χ1v) is 14.6. The van der Waals surface area contributed by atoms with Crippen LogP contribution in [0.1, 0.15) is 92.4 Å². The number of ether oxygens (including phenoxy) is 1. The minimum absolute atomic E-state index is 0.0261. The zero-order valence-electron chi connectivity index (χ0n) is 24.0. The number of hydrogen-bond donors (Lipinski definition) is 0. The van der Waals surface area contributed by atoms with Crippen molar-refractivity contribution in [1.29, 1.82) is 0 Å². The molecule has 214 valence electrons. The number of fused-ring (bicyclic) bond motifs is 8. The number of allylic oxidation sites excluding steroid dienone is 4. The predicted molar refractivity (Wildman–Crippen MR) is 139 cm³/mol. The van der Waals surface area contributed by atoms with Crippen molar-refractivity contribution in [1.82, 2.24) is 0 Å². The molecule has 4 nitrogen and oxygen atoms in total. The van der Waals surface area contributed by atoms with Crippen LogP contribution < -0.4 is 0 Å². The SMILES string of the molecule is COC(=O)[C@]12CCC(C)(C)C[C@H]1[C@H]1C(=O)C=C3[C@@]4(C)C=C(C(F)(F)F)C(=O)C5(CC5)[C@@H]4CC[C@@]3(C)[C@]1(C)CC2. The second kappa shape index (κ2) is 7.67. The van der Waals surface area contributed by atoms with Gasteiger partial charge >= 0.3 is 12.1 Å². The molecule has 6 aliphatic rings. The third-order valence-corrected chi connectivity index (χ3v) is 13.1. The van der Waals surface area contributed by atoms with Gasteiger partial charge in [0.2, 0.25) is 0 Å². The Bertz CT molecular complexity index is 1240. The minimum Gasteiger partial charge on any atom is -0.469 e. The van der Waals surface area contributed by atoms with Crippen molar-refractivity contribution >= 4 is 17.5 Å². The molecule has 0 radical (unpaired) electrons. The average molecular weight is 547 g/mol. The van der Waals surface area contributed by atoms with E-state index in [2.05, 4.69) is 27.7 Å². The minimum atomic E-state index is -4.72. The number of Topliss-reactive ketones (excluding diaryl/α,β-unsaturated/α-hetero) is 1. The van der Waals surface area contributed by atoms with Crippen molar-refractivity contribution in [2.24, 2.45) is 50.2 Å². The Morgan fingerprint density at radius 1 is 0.949 bits per heavy atom. The Kier molecular flexibility index (Phi) is 5.36. The molecular weight excluding hydrogens is 505 g/mol. The maximum atomic E-state index is 14.3. The van der Waals surface area contributed by atoms with Gasteiger partial charge in [0, 0.05) is 16.7 Å². The van der Waals surface area contributed by atoms with Gasteiger partial charge in [0.25, 0.3) is 0 Å². The molecule has 6 rings (SSSR count). The molecule has 0 amide bonds. The van der Waals surface area contributed by atoms with E-state index in [1.807, 2.05) is 6.92 Å². The quantitative estimate of drug-likeness (QED) is 0.327. The summed E-state index contributed by atoms with van der Waals surface area (Å²) < 4.78 is 48.0. The first-order chi connectivity index (χ1) is 17.9. The molecule has 7 heteroatoms. The average Bonchev–Trinajstić information content (AvgIpc) is 3.63. The fourth-order valence-electron chi connectivity index (χ4n) is 10.7. The number of carbonyl (C=O) groups is 3. The van der Waals surface area contributed by atoms with Crippen molar-refractivity contribution in [2.75, 3.05) is 7.11 Å². The van der Waals surface area contributed by atoms with Gasteiger partial charge in [-0.3, -0.25) is 14.4 Å². The lowest BCUT2D eigenvalue weighted by molar-refractivity contribution is -0.190. The van der Waals surface area contributed by atoms with Gasteiger partial charge in [0.1, 0.15) is 0 Å². The van der Waals surface area contributed by atoms with Gasteiger partial charge in [0.05, 0.1) is 18.1 Å². The van der Waals surface area contributed by atoms with Crippen LogP contribution in [0.15, 0.2) is 23.3 Å². The zero-order valence-corrected chi connectivity index (χ0v) is 24.0. The van der Waals surface area contributed by atoms with Crippen molar-refractivity contribution < 1.29 is 32.3 Å². The number of ketones is 2. The highest BCUT2D eigenvalue weighted by molar-refractivity contribution is 6.05. The van der Waals surface area contributed by atoms with Crippen LogP contribution in [0.5, 0.6) is 0 Å². The van der Waals surface area contributed by atoms with Gasteiger partial charge in [-0.2, -0.15) is 13.2 Å². The highest BCUT2D eigenvalue weighted by Gasteiger charge is 2.74. The van der Waals surface area contributed by atoms with E-state index in [4.69, 9.17) is 4.74 Å². The van der Waals surface area contributed by atoms with Crippen LogP contribution in [-0.4, -0.2) is 30.8 Å². The number of rotatable bonds is 1. The molecular formula is C32H41F3O4. The summed E-state index contributed by atoms with van der Waals surface area (Å²) in [6.45, 7) is 10.5. The van der Waals surface area contributed by atoms with E-state index in [0.29, 0.717) is 38.5 Å². The molecule has 0 aliphatic heterocycles. The molecule has 0 bridgehead atoms. The Morgan fingerprint density at radius 2 is 1.59 bits per heavy atom. The van der Waals surface area contributed by atoms with Crippen LogP contribution in [0.4, 0.5) is 13.2 Å². The van der Waals surface area contributed by atoms with E-state index in [1.54, 1.807) is 6.08 Å². The van der Waals surface area contributed by atoms with Crippen molar-refractivity contribution in [3.8, 4) is 0 Å². The first kappa shape index (κ1) is 27.3. The number of alkyl halides is 3. The number of halogens is 3. The fourth-order valence-corrected chi connectivity index (χ4v) is 10.7. The zero-order chi connectivity index (χ0) is 28.6. The van der Waals surface area contributed by atoms with Gasteiger partial charge in [-0.15, -0.1) is 0 Å². The van der Waals surface area contributed by atoms with Gasteiger partial charge in [-0.05, 0) is 91.9 Å². The van der Waals surface area contributed by atoms with E-state index in [1.165, 1.54) is 13.2 Å². The van der Waals surface area contributed by atoms with E-state index >= 15 is 0 Å². The molecule has 39 heavy (non-hydrogen) atoms. The Labute approximate surface area is 229 Å². The Morgan fingerprint density at radius 3 is 2.18 bits per heavy atom. The normalized spacial score (nSPS) is 45.7. The number of carbonyl (C=O) groups excluding carboxylic acids is 3. The second-order valence-electron chi connectivity index (χ2n) is 15.2. The Hall–Kier alpha value is -1.92. The van der Waals surface area contributed by atoms with Crippen molar-refractivity contribution in [3.63, 3.8) is 0 Å². The summed E-state index contributed by atoms with van der Waals surface area (Å²) in [5, 5.41) is 0. The molecule has 0 aromatic carbocycles. The third kappa shape index (κ3) is 3.22. The van der Waals surface area contributed by atoms with E-state index < -0.39 is 50.5 Å². The number of methoxy groups -OCH3 is 1. The van der Waals surface area contributed by atoms with E-state index in [-0.39, 0.29) is 29.0 Å². The maximum Gasteiger partial charge on any atom is 0.419 e. The summed E-state index contributed by atoms with van der Waals surface area (Å²) in [5.41, 5.74) is -4.01. The molecule has 0 N–H and O–H groups in total. The van der Waals surface area contributed by atoms with E-state index in [0.717, 1.165) is 24.8 Å². The topological polar surface area (TPSA) is 60.4 Å². The lowest BCUT2D eigenvalue weighted by Gasteiger charge is -2.68. The molecule has 7 atom stereocenters. The predicted octanol–water partition coefficient (Wildman–Crippen LogP) is 7.17. The second-order valence-corrected chi connectivity index (χ2v) is 15.2. The molecule has 0 saturated heterocycles. The van der Waals surface area contributed by atoms with Gasteiger partial charge in [-0.1, -0.05) is 46.3 Å². The first-order valence-electron chi connectivity index (χ1n) is 14.6. The fraction of sp³-hybridized carbons (Fsp3) is 0.781. The number of esters is 1. The number of hydrogen-bond acceptors (Lipinski definition) is 4. The third-order valence-electron chi connectivity index (χ3n) is 13.1. The Balaban J connectivity index is 1.53. The summed E-state index contributed by atoms with van der Waals surface area (Å²) in [6, 6.07) is 0. The highest BCUT2D eigenvalue weighted by Crippen LogP contribution is 2.77. The standard InChI is InChI=1S/C32H41F3O4/c1-26(2)9-11-30(25(38)39-6)12-10-29(5)23(18(30)16-26)20(36)15-22-27(3)17-19(32(33,34)35)24(37)31(13-14-31)21(27)7-8-28(22,29)4/h15,17-18,21,23H,7-14,16H2,1-6H3/t18-,21+,23-,27-,28+,29+,30-/m0/s1. The maximum absolute atomic E-state index is 14.3. The van der Waals surface area contributed by atoms with Crippen LogP contribution in [0.3, 0.4) is 0 Å². The van der Waals surface area contributed by atoms with Gasteiger partial charge < -0.3 is 4.74 Å². The molecule has 0 aromatic heterocycles. The van der Waals surface area contributed by atoms with Crippen LogP contribution >= 0.6 is 0 Å². The van der Waals surface area contributed by atoms with Crippen molar-refractivity contribution in [2.45, 2.75) is 98.6 Å². The smallest absolute Gasteiger partial charge is 0.419 e. The molecule has 0 aromatic rings. The van der Waals surface area contributed by atoms with Crippen molar-refractivity contribution in [3.05, 3.63) is 23.3 Å². The van der Waals surface area contributed by atoms with E-state index in [9.17, 15) is 27.6 Å². The molecule has 6 aliphatic carbocycles. The summed E-state index contributed by atoms with van der Waals surface area (Å²) in [4.78, 5) is 40.9. The monoisotopic (exact) mass is 546 g/mol. The molecule has 0 unspecified atom stereocenters.